The molecule has 0 aliphatic rings. The number of carbonyl (C=O) groups is 2. The lowest BCUT2D eigenvalue weighted by molar-refractivity contribution is 0.0454. The number of nitrogens with zero attached hydrogens (tertiary/aromatic N) is 2. The van der Waals surface area contributed by atoms with Crippen molar-refractivity contribution >= 4 is 11.9 Å². The highest BCUT2D eigenvalue weighted by atomic mass is 16.5. The van der Waals surface area contributed by atoms with E-state index in [1.165, 1.54) is 0 Å². The molecule has 1 aromatic carbocycles. The molecule has 0 saturated heterocycles. The number of benzene rings is 1. The number of rotatable bonds is 4. The second-order valence-corrected chi connectivity index (χ2v) is 3.29. The molecule has 0 aliphatic carbocycles. The van der Waals surface area contributed by atoms with Gasteiger partial charge in [-0.05, 0) is 10.7 Å². The van der Waals surface area contributed by atoms with Crippen LogP contribution < -0.4 is 0 Å². The maximum absolute atomic E-state index is 11.5. The highest BCUT2D eigenvalue weighted by Gasteiger charge is 2.19. The van der Waals surface area contributed by atoms with Gasteiger partial charge in [0.05, 0.1) is 0 Å². The number of carbonyl (C=O) groups excluding carboxylic acids is 1. The maximum atomic E-state index is 11.5. The number of aromatic nitrogens is 2. The number of carboxylic acids is 1. The van der Waals surface area contributed by atoms with E-state index in [1.54, 1.807) is 24.3 Å². The molecule has 0 fully saturated rings. The Bertz CT molecular complexity index is 564. The first-order valence-electron chi connectivity index (χ1n) is 4.95. The second-order valence-electron chi connectivity index (χ2n) is 3.29. The van der Waals surface area contributed by atoms with Crippen LogP contribution in [0.2, 0.25) is 0 Å². The minimum Gasteiger partial charge on any atom is -0.474 e. The van der Waals surface area contributed by atoms with Crippen molar-refractivity contribution in [3.8, 4) is 0 Å². The number of hydrogen-bond donors (Lipinski definition) is 1. The van der Waals surface area contributed by atoms with Gasteiger partial charge < -0.3 is 14.4 Å². The lowest BCUT2D eigenvalue weighted by Crippen LogP contribution is -2.08. The van der Waals surface area contributed by atoms with Crippen LogP contribution in [0.3, 0.4) is 0 Å². The molecule has 0 bridgehead atoms. The molecule has 18 heavy (non-hydrogen) atoms. The van der Waals surface area contributed by atoms with Crippen molar-refractivity contribution in [1.29, 1.82) is 0 Å². The molecule has 2 aromatic rings. The van der Waals surface area contributed by atoms with E-state index in [0.29, 0.717) is 0 Å². The van der Waals surface area contributed by atoms with E-state index < -0.39 is 23.7 Å². The number of carboxylic acid groups (broad SMARTS) is 1. The van der Waals surface area contributed by atoms with Gasteiger partial charge in [0.1, 0.15) is 6.61 Å². The van der Waals surface area contributed by atoms with Crippen LogP contribution in [0.5, 0.6) is 0 Å². The Hall–Kier alpha value is -2.70. The van der Waals surface area contributed by atoms with Gasteiger partial charge in [-0.3, -0.25) is 0 Å². The third-order valence-electron chi connectivity index (χ3n) is 2.00. The van der Waals surface area contributed by atoms with E-state index >= 15 is 0 Å². The van der Waals surface area contributed by atoms with Gasteiger partial charge in [0.25, 0.3) is 5.82 Å². The first kappa shape index (κ1) is 11.8. The van der Waals surface area contributed by atoms with Crippen LogP contribution in [0.1, 0.15) is 26.9 Å². The molecule has 0 radical (unpaired) electrons. The van der Waals surface area contributed by atoms with E-state index in [-0.39, 0.29) is 6.61 Å². The van der Waals surface area contributed by atoms with E-state index in [0.717, 1.165) is 5.56 Å². The SMILES string of the molecule is O=C(OCc1ccccc1)c1noc(C(=O)O)n1. The lowest BCUT2D eigenvalue weighted by Gasteiger charge is -2.01. The van der Waals surface area contributed by atoms with Crippen LogP contribution in [0.15, 0.2) is 34.9 Å². The number of hydrogen-bond acceptors (Lipinski definition) is 6. The minimum absolute atomic E-state index is 0.0522. The van der Waals surface area contributed by atoms with Crippen LogP contribution >= 0.6 is 0 Å². The smallest absolute Gasteiger partial charge is 0.394 e. The Morgan fingerprint density at radius 3 is 2.61 bits per heavy atom. The number of esters is 1. The monoisotopic (exact) mass is 248 g/mol. The van der Waals surface area contributed by atoms with E-state index in [4.69, 9.17) is 9.84 Å². The van der Waals surface area contributed by atoms with Crippen molar-refractivity contribution in [3.63, 3.8) is 0 Å². The van der Waals surface area contributed by atoms with Crippen molar-refractivity contribution in [3.05, 3.63) is 47.6 Å². The van der Waals surface area contributed by atoms with Crippen molar-refractivity contribution in [2.45, 2.75) is 6.61 Å². The first-order valence-corrected chi connectivity index (χ1v) is 4.95. The molecule has 7 nitrogen and oxygen atoms in total. The predicted octanol–water partition coefficient (Wildman–Crippen LogP) is 1.12. The Labute approximate surface area is 101 Å². The third kappa shape index (κ3) is 2.70. The first-order chi connectivity index (χ1) is 8.66. The van der Waals surface area contributed by atoms with E-state index in [2.05, 4.69) is 14.7 Å². The van der Waals surface area contributed by atoms with Crippen molar-refractivity contribution in [2.24, 2.45) is 0 Å². The summed E-state index contributed by atoms with van der Waals surface area (Å²) in [6.45, 7) is 0.0522. The molecule has 0 saturated carbocycles. The zero-order valence-electron chi connectivity index (χ0n) is 9.07. The molecule has 0 aliphatic heterocycles. The van der Waals surface area contributed by atoms with Gasteiger partial charge >= 0.3 is 17.8 Å². The largest absolute Gasteiger partial charge is 0.474 e. The summed E-state index contributed by atoms with van der Waals surface area (Å²) in [5.74, 6) is -3.30. The Balaban J connectivity index is 1.97. The van der Waals surface area contributed by atoms with Crippen molar-refractivity contribution in [2.75, 3.05) is 0 Å². The summed E-state index contributed by atoms with van der Waals surface area (Å²) >= 11 is 0. The standard InChI is InChI=1S/C11H8N2O5/c14-10(15)9-12-8(13-18-9)11(16)17-6-7-4-2-1-3-5-7/h1-5H,6H2,(H,14,15). The van der Waals surface area contributed by atoms with Crippen LogP contribution in [0, 0.1) is 0 Å². The Morgan fingerprint density at radius 1 is 1.28 bits per heavy atom. The minimum atomic E-state index is -1.40. The molecule has 0 atom stereocenters. The third-order valence-corrected chi connectivity index (χ3v) is 2.00. The molecule has 0 amide bonds. The summed E-state index contributed by atoms with van der Waals surface area (Å²) in [6.07, 6.45) is 0. The quantitative estimate of drug-likeness (QED) is 0.808. The molecule has 1 N–H and O–H groups in total. The van der Waals surface area contributed by atoms with Gasteiger partial charge in [0, 0.05) is 0 Å². The Kier molecular flexibility index (Phi) is 3.33. The van der Waals surface area contributed by atoms with E-state index in [1.807, 2.05) is 6.07 Å². The summed E-state index contributed by atoms with van der Waals surface area (Å²) in [4.78, 5) is 25.3. The normalized spacial score (nSPS) is 10.0. The van der Waals surface area contributed by atoms with Gasteiger partial charge in [0.15, 0.2) is 0 Å². The van der Waals surface area contributed by atoms with Gasteiger partial charge in [-0.25, -0.2) is 9.59 Å². The predicted molar refractivity (Wildman–Crippen MR) is 56.8 cm³/mol. The summed E-state index contributed by atoms with van der Waals surface area (Å²) in [7, 11) is 0. The summed E-state index contributed by atoms with van der Waals surface area (Å²) in [5.41, 5.74) is 0.799. The fourth-order valence-corrected chi connectivity index (χ4v) is 1.18. The molecular weight excluding hydrogens is 240 g/mol. The van der Waals surface area contributed by atoms with Crippen LogP contribution in [-0.4, -0.2) is 27.2 Å². The number of ether oxygens (including phenoxy) is 1. The second kappa shape index (κ2) is 5.09. The summed E-state index contributed by atoms with van der Waals surface area (Å²) in [6, 6.07) is 9.02. The van der Waals surface area contributed by atoms with Crippen LogP contribution in [-0.2, 0) is 11.3 Å². The van der Waals surface area contributed by atoms with Crippen LogP contribution in [0.25, 0.3) is 0 Å². The maximum Gasteiger partial charge on any atom is 0.394 e. The van der Waals surface area contributed by atoms with E-state index in [9.17, 15) is 9.59 Å². The van der Waals surface area contributed by atoms with Gasteiger partial charge in [0.2, 0.25) is 0 Å². The zero-order chi connectivity index (χ0) is 13.0. The number of aromatic carboxylic acids is 1. The molecular formula is C11H8N2O5. The average molecular weight is 248 g/mol. The average Bonchev–Trinajstić information content (AvgIpc) is 2.87. The van der Waals surface area contributed by atoms with Crippen LogP contribution in [0.4, 0.5) is 0 Å². The van der Waals surface area contributed by atoms with Crippen molar-refractivity contribution in [1.82, 2.24) is 10.1 Å². The fourth-order valence-electron chi connectivity index (χ4n) is 1.18. The Morgan fingerprint density at radius 2 is 2.00 bits per heavy atom. The highest BCUT2D eigenvalue weighted by molar-refractivity contribution is 5.87. The highest BCUT2D eigenvalue weighted by Crippen LogP contribution is 2.04. The molecule has 2 rings (SSSR count). The molecule has 1 heterocycles. The van der Waals surface area contributed by atoms with Crippen molar-refractivity contribution < 1.29 is 24.0 Å². The fraction of sp³-hybridized carbons (Fsp3) is 0.0909. The van der Waals surface area contributed by atoms with Gasteiger partial charge in [-0.2, -0.15) is 4.98 Å². The molecule has 0 unspecified atom stereocenters. The topological polar surface area (TPSA) is 103 Å². The molecule has 0 spiro atoms. The zero-order valence-corrected chi connectivity index (χ0v) is 9.07. The lowest BCUT2D eigenvalue weighted by atomic mass is 10.2. The molecule has 7 heteroatoms. The molecule has 92 valence electrons. The summed E-state index contributed by atoms with van der Waals surface area (Å²) in [5, 5.41) is 11.7. The van der Waals surface area contributed by atoms with Gasteiger partial charge in [-0.1, -0.05) is 30.3 Å². The van der Waals surface area contributed by atoms with Gasteiger partial charge in [-0.15, -0.1) is 0 Å². The molecule has 1 aromatic heterocycles. The summed E-state index contributed by atoms with van der Waals surface area (Å²) < 4.78 is 9.23.